The van der Waals surface area contributed by atoms with E-state index in [1.54, 1.807) is 0 Å². The van der Waals surface area contributed by atoms with E-state index in [-0.39, 0.29) is 12.0 Å². The number of esters is 1. The highest BCUT2D eigenvalue weighted by atomic mass is 32.1. The summed E-state index contributed by atoms with van der Waals surface area (Å²) in [5.41, 5.74) is 0.875. The average Bonchev–Trinajstić information content (AvgIpc) is 2.83. The molecule has 1 rings (SSSR count). The molecule has 19 heavy (non-hydrogen) atoms. The van der Waals surface area contributed by atoms with Crippen LogP contribution in [0.3, 0.4) is 0 Å². The lowest BCUT2D eigenvalue weighted by Crippen LogP contribution is -2.29. The molecule has 1 aromatic rings. The number of aromatic nitrogens is 1. The van der Waals surface area contributed by atoms with Gasteiger partial charge in [-0.15, -0.1) is 11.3 Å². The molecular weight excluding hydrogens is 266 g/mol. The maximum Gasteiger partial charge on any atom is 0.321 e. The van der Waals surface area contributed by atoms with E-state index in [9.17, 15) is 9.59 Å². The summed E-state index contributed by atoms with van der Waals surface area (Å²) in [6, 6.07) is -0.239. The van der Waals surface area contributed by atoms with Crippen LogP contribution in [0.15, 0.2) is 5.38 Å². The Bertz CT molecular complexity index is 420. The first-order chi connectivity index (χ1) is 9.15. The summed E-state index contributed by atoms with van der Waals surface area (Å²) in [6.45, 7) is 2.63. The van der Waals surface area contributed by atoms with E-state index in [1.165, 1.54) is 18.4 Å². The fraction of sp³-hybridized carbons (Fsp3) is 0.583. The summed E-state index contributed by atoms with van der Waals surface area (Å²) >= 11 is 1.38. The second-order valence-corrected chi connectivity index (χ2v) is 4.81. The molecule has 0 aromatic carbocycles. The monoisotopic (exact) mass is 285 g/mol. The molecule has 0 saturated heterocycles. The molecule has 2 N–H and O–H groups in total. The number of hydrogen-bond donors (Lipinski definition) is 2. The van der Waals surface area contributed by atoms with Crippen LogP contribution in [-0.4, -0.2) is 30.6 Å². The molecule has 0 bridgehead atoms. The Hall–Kier alpha value is -1.63. The van der Waals surface area contributed by atoms with E-state index < -0.39 is 0 Å². The van der Waals surface area contributed by atoms with Gasteiger partial charge in [-0.25, -0.2) is 9.78 Å². The lowest BCUT2D eigenvalue weighted by molar-refractivity contribution is -0.140. The van der Waals surface area contributed by atoms with Gasteiger partial charge in [0.25, 0.3) is 0 Å². The summed E-state index contributed by atoms with van der Waals surface area (Å²) in [4.78, 5) is 26.6. The van der Waals surface area contributed by atoms with Crippen molar-refractivity contribution >= 4 is 28.5 Å². The van der Waals surface area contributed by atoms with Gasteiger partial charge in [0.15, 0.2) is 5.13 Å². The number of carbonyl (C=O) groups excluding carboxylic acids is 2. The van der Waals surface area contributed by atoms with E-state index in [0.717, 1.165) is 12.1 Å². The molecular formula is C12H19N3O3S. The van der Waals surface area contributed by atoms with Gasteiger partial charge in [0.1, 0.15) is 0 Å². The lowest BCUT2D eigenvalue weighted by Gasteiger charge is -2.02. The van der Waals surface area contributed by atoms with Crippen molar-refractivity contribution in [2.24, 2.45) is 0 Å². The first-order valence-electron chi connectivity index (χ1n) is 6.21. The topological polar surface area (TPSA) is 80.3 Å². The fourth-order valence-corrected chi connectivity index (χ4v) is 2.11. The number of ether oxygens (including phenoxy) is 1. The minimum atomic E-state index is -0.239. The number of nitrogens with one attached hydrogen (secondary N) is 2. The van der Waals surface area contributed by atoms with Gasteiger partial charge in [0.2, 0.25) is 0 Å². The van der Waals surface area contributed by atoms with Gasteiger partial charge in [0, 0.05) is 18.3 Å². The number of aryl methyl sites for hydroxylation is 1. The summed E-state index contributed by atoms with van der Waals surface area (Å²) in [7, 11) is 1.38. The van der Waals surface area contributed by atoms with Crippen molar-refractivity contribution in [2.45, 2.75) is 32.6 Å². The van der Waals surface area contributed by atoms with Crippen molar-refractivity contribution in [3.05, 3.63) is 11.1 Å². The highest BCUT2D eigenvalue weighted by molar-refractivity contribution is 7.13. The van der Waals surface area contributed by atoms with Gasteiger partial charge in [-0.1, -0.05) is 6.92 Å². The Morgan fingerprint density at radius 1 is 1.47 bits per heavy atom. The molecule has 7 heteroatoms. The van der Waals surface area contributed by atoms with E-state index in [0.29, 0.717) is 30.9 Å². The molecule has 0 atom stereocenters. The Kier molecular flexibility index (Phi) is 6.88. The van der Waals surface area contributed by atoms with Crippen molar-refractivity contribution in [3.63, 3.8) is 0 Å². The van der Waals surface area contributed by atoms with Crippen molar-refractivity contribution in [2.75, 3.05) is 19.0 Å². The van der Waals surface area contributed by atoms with Crippen LogP contribution in [0.4, 0.5) is 9.93 Å². The van der Waals surface area contributed by atoms with Crippen LogP contribution in [0.1, 0.15) is 31.9 Å². The second-order valence-electron chi connectivity index (χ2n) is 3.95. The maximum absolute atomic E-state index is 11.4. The third-order valence-electron chi connectivity index (χ3n) is 2.35. The van der Waals surface area contributed by atoms with Crippen LogP contribution in [0, 0.1) is 0 Å². The highest BCUT2D eigenvalue weighted by Gasteiger charge is 2.07. The van der Waals surface area contributed by atoms with Gasteiger partial charge in [-0.05, 0) is 19.3 Å². The largest absolute Gasteiger partial charge is 0.469 e. The molecule has 0 fully saturated rings. The van der Waals surface area contributed by atoms with Crippen molar-refractivity contribution < 1.29 is 14.3 Å². The predicted octanol–water partition coefficient (Wildman–Crippen LogP) is 2.17. The van der Waals surface area contributed by atoms with Crippen LogP contribution in [0.2, 0.25) is 0 Å². The number of methoxy groups -OCH3 is 1. The number of hydrogen-bond acceptors (Lipinski definition) is 5. The van der Waals surface area contributed by atoms with E-state index in [2.05, 4.69) is 20.4 Å². The van der Waals surface area contributed by atoms with Gasteiger partial charge in [0.05, 0.1) is 12.8 Å². The molecule has 0 spiro atoms. The van der Waals surface area contributed by atoms with E-state index in [1.807, 2.05) is 12.3 Å². The molecule has 0 aliphatic carbocycles. The zero-order valence-electron chi connectivity index (χ0n) is 11.2. The minimum absolute atomic E-state index is 0.215. The summed E-state index contributed by atoms with van der Waals surface area (Å²) in [6.07, 6.45) is 2.67. The number of carbonyl (C=O) groups is 2. The Balaban J connectivity index is 2.31. The third-order valence-corrected chi connectivity index (χ3v) is 3.16. The van der Waals surface area contributed by atoms with E-state index in [4.69, 9.17) is 0 Å². The van der Waals surface area contributed by atoms with Gasteiger partial charge in [-0.3, -0.25) is 10.1 Å². The Labute approximate surface area is 116 Å². The zero-order valence-corrected chi connectivity index (χ0v) is 12.0. The lowest BCUT2D eigenvalue weighted by atomic mass is 10.2. The molecule has 0 aliphatic heterocycles. The SMILES string of the molecule is CCCNC(=O)Nc1nc(CCCC(=O)OC)cs1. The Morgan fingerprint density at radius 2 is 2.26 bits per heavy atom. The van der Waals surface area contributed by atoms with Crippen LogP contribution in [-0.2, 0) is 16.0 Å². The first kappa shape index (κ1) is 15.4. The number of amides is 2. The molecule has 2 amide bonds. The van der Waals surface area contributed by atoms with Crippen molar-refractivity contribution in [1.29, 1.82) is 0 Å². The fourth-order valence-electron chi connectivity index (χ4n) is 1.37. The van der Waals surface area contributed by atoms with Crippen LogP contribution in [0.5, 0.6) is 0 Å². The maximum atomic E-state index is 11.4. The van der Waals surface area contributed by atoms with E-state index >= 15 is 0 Å². The Morgan fingerprint density at radius 3 is 2.95 bits per heavy atom. The van der Waals surface area contributed by atoms with Crippen LogP contribution < -0.4 is 10.6 Å². The number of urea groups is 1. The first-order valence-corrected chi connectivity index (χ1v) is 7.09. The van der Waals surface area contributed by atoms with Gasteiger partial charge in [-0.2, -0.15) is 0 Å². The number of nitrogens with zero attached hydrogens (tertiary/aromatic N) is 1. The molecule has 6 nitrogen and oxygen atoms in total. The molecule has 0 saturated carbocycles. The van der Waals surface area contributed by atoms with Crippen molar-refractivity contribution in [1.82, 2.24) is 10.3 Å². The van der Waals surface area contributed by atoms with Gasteiger partial charge < -0.3 is 10.1 Å². The molecule has 0 aliphatic rings. The number of thiazole rings is 1. The minimum Gasteiger partial charge on any atom is -0.469 e. The molecule has 1 heterocycles. The second kappa shape index (κ2) is 8.47. The number of rotatable bonds is 7. The van der Waals surface area contributed by atoms with Gasteiger partial charge >= 0.3 is 12.0 Å². The predicted molar refractivity (Wildman–Crippen MR) is 74.4 cm³/mol. The van der Waals surface area contributed by atoms with Crippen LogP contribution >= 0.6 is 11.3 Å². The van der Waals surface area contributed by atoms with Crippen LogP contribution in [0.25, 0.3) is 0 Å². The smallest absolute Gasteiger partial charge is 0.321 e. The third kappa shape index (κ3) is 6.19. The molecule has 0 radical (unpaired) electrons. The summed E-state index contributed by atoms with van der Waals surface area (Å²) in [5.74, 6) is -0.215. The molecule has 106 valence electrons. The normalized spacial score (nSPS) is 10.0. The number of anilines is 1. The zero-order chi connectivity index (χ0) is 14.1. The quantitative estimate of drug-likeness (QED) is 0.752. The summed E-state index contributed by atoms with van der Waals surface area (Å²) < 4.78 is 4.56. The molecule has 1 aromatic heterocycles. The highest BCUT2D eigenvalue weighted by Crippen LogP contribution is 2.16. The average molecular weight is 285 g/mol. The van der Waals surface area contributed by atoms with Crippen molar-refractivity contribution in [3.8, 4) is 0 Å². The standard InChI is InChI=1S/C12H19N3O3S/c1-3-7-13-11(17)15-12-14-9(8-19-12)5-4-6-10(16)18-2/h8H,3-7H2,1-2H3,(H2,13,14,15,17). The molecule has 0 unspecified atom stereocenters. The summed E-state index contributed by atoms with van der Waals surface area (Å²) in [5, 5.41) is 7.84.